The summed E-state index contributed by atoms with van der Waals surface area (Å²) in [5, 5.41) is 3.64. The fourth-order valence-electron chi connectivity index (χ4n) is 3.60. The SMILES string of the molecule is FC(F)(F)c1cccc(C2(CNC3CCSCC3)CCOCC2)c1. The van der Waals surface area contributed by atoms with Gasteiger partial charge in [0.15, 0.2) is 0 Å². The quantitative estimate of drug-likeness (QED) is 0.869. The first kappa shape index (κ1) is 18.1. The Morgan fingerprint density at radius 2 is 1.88 bits per heavy atom. The van der Waals surface area contributed by atoms with Gasteiger partial charge in [0.05, 0.1) is 5.56 Å². The number of alkyl halides is 3. The van der Waals surface area contributed by atoms with E-state index in [1.807, 2.05) is 17.8 Å². The number of thioether (sulfide) groups is 1. The molecule has 0 radical (unpaired) electrons. The second-order valence-corrected chi connectivity index (χ2v) is 7.96. The maximum atomic E-state index is 13.1. The third-order valence-electron chi connectivity index (χ3n) is 5.20. The molecule has 1 aromatic rings. The lowest BCUT2D eigenvalue weighted by molar-refractivity contribution is -0.137. The fourth-order valence-corrected chi connectivity index (χ4v) is 4.70. The highest BCUT2D eigenvalue weighted by Crippen LogP contribution is 2.38. The molecule has 134 valence electrons. The Bertz CT molecular complexity index is 537. The molecule has 2 nitrogen and oxygen atoms in total. The van der Waals surface area contributed by atoms with E-state index in [4.69, 9.17) is 4.74 Å². The molecule has 2 aliphatic heterocycles. The summed E-state index contributed by atoms with van der Waals surface area (Å²) < 4.78 is 44.8. The van der Waals surface area contributed by atoms with Gasteiger partial charge in [-0.1, -0.05) is 18.2 Å². The van der Waals surface area contributed by atoms with Gasteiger partial charge in [0.25, 0.3) is 0 Å². The molecule has 0 spiro atoms. The molecule has 0 atom stereocenters. The van der Waals surface area contributed by atoms with E-state index in [0.29, 0.717) is 19.3 Å². The van der Waals surface area contributed by atoms with E-state index in [-0.39, 0.29) is 5.41 Å². The van der Waals surface area contributed by atoms with Gasteiger partial charge in [-0.05, 0) is 48.8 Å². The van der Waals surface area contributed by atoms with Gasteiger partial charge >= 0.3 is 6.18 Å². The van der Waals surface area contributed by atoms with Crippen LogP contribution in [0.1, 0.15) is 36.8 Å². The average molecular weight is 359 g/mol. The summed E-state index contributed by atoms with van der Waals surface area (Å²) in [4.78, 5) is 0. The average Bonchev–Trinajstić information content (AvgIpc) is 2.61. The van der Waals surface area contributed by atoms with Gasteiger partial charge in [-0.15, -0.1) is 0 Å². The minimum absolute atomic E-state index is 0.260. The van der Waals surface area contributed by atoms with E-state index in [9.17, 15) is 13.2 Å². The lowest BCUT2D eigenvalue weighted by atomic mass is 9.73. The number of nitrogens with one attached hydrogen (secondary N) is 1. The number of hydrogen-bond donors (Lipinski definition) is 1. The first-order valence-electron chi connectivity index (χ1n) is 8.56. The molecule has 0 aromatic heterocycles. The molecular formula is C18H24F3NOS. The monoisotopic (exact) mass is 359 g/mol. The van der Waals surface area contributed by atoms with E-state index in [0.717, 1.165) is 55.4 Å². The Morgan fingerprint density at radius 1 is 1.17 bits per heavy atom. The summed E-state index contributed by atoms with van der Waals surface area (Å²) in [6.07, 6.45) is -0.484. The largest absolute Gasteiger partial charge is 0.416 e. The van der Waals surface area contributed by atoms with Crippen molar-refractivity contribution >= 4 is 11.8 Å². The third kappa shape index (κ3) is 4.27. The van der Waals surface area contributed by atoms with Crippen molar-refractivity contribution in [3.05, 3.63) is 35.4 Å². The molecule has 0 aliphatic carbocycles. The van der Waals surface area contributed by atoms with Gasteiger partial charge in [0, 0.05) is 31.2 Å². The van der Waals surface area contributed by atoms with Crippen LogP contribution < -0.4 is 5.32 Å². The Morgan fingerprint density at radius 3 is 2.54 bits per heavy atom. The molecule has 0 saturated carbocycles. The minimum Gasteiger partial charge on any atom is -0.381 e. The Hall–Kier alpha value is -0.720. The van der Waals surface area contributed by atoms with Gasteiger partial charge in [-0.3, -0.25) is 0 Å². The van der Waals surface area contributed by atoms with Crippen LogP contribution in [0.2, 0.25) is 0 Å². The Kier molecular flexibility index (Phi) is 5.78. The van der Waals surface area contributed by atoms with E-state index in [1.165, 1.54) is 12.1 Å². The number of hydrogen-bond acceptors (Lipinski definition) is 3. The van der Waals surface area contributed by atoms with Crippen LogP contribution in [0.15, 0.2) is 24.3 Å². The molecule has 3 rings (SSSR count). The molecule has 2 fully saturated rings. The summed E-state index contributed by atoms with van der Waals surface area (Å²) in [5.41, 5.74) is -0.0253. The summed E-state index contributed by atoms with van der Waals surface area (Å²) >= 11 is 1.98. The molecule has 1 N–H and O–H groups in total. The van der Waals surface area contributed by atoms with Crippen molar-refractivity contribution in [2.75, 3.05) is 31.3 Å². The standard InChI is InChI=1S/C18H24F3NOS/c19-18(20,21)15-3-1-2-14(12-15)17(6-8-23-9-7-17)13-22-16-4-10-24-11-5-16/h1-3,12,16,22H,4-11,13H2. The van der Waals surface area contributed by atoms with Crippen molar-refractivity contribution < 1.29 is 17.9 Å². The third-order valence-corrected chi connectivity index (χ3v) is 6.25. The molecule has 1 aromatic carbocycles. The molecule has 6 heteroatoms. The zero-order valence-corrected chi connectivity index (χ0v) is 14.5. The van der Waals surface area contributed by atoms with Crippen LogP contribution in [0.5, 0.6) is 0 Å². The Labute approximate surface area is 145 Å². The first-order chi connectivity index (χ1) is 11.5. The maximum absolute atomic E-state index is 13.1. The molecule has 0 unspecified atom stereocenters. The first-order valence-corrected chi connectivity index (χ1v) is 9.72. The zero-order chi connectivity index (χ0) is 17.0. The molecule has 2 aliphatic rings. The predicted molar refractivity (Wildman–Crippen MR) is 91.5 cm³/mol. The molecule has 2 saturated heterocycles. The smallest absolute Gasteiger partial charge is 0.381 e. The van der Waals surface area contributed by atoms with E-state index in [2.05, 4.69) is 5.32 Å². The van der Waals surface area contributed by atoms with Crippen LogP contribution in [0.3, 0.4) is 0 Å². The number of ether oxygens (including phenoxy) is 1. The summed E-state index contributed by atoms with van der Waals surface area (Å²) in [6.45, 7) is 1.95. The molecule has 2 heterocycles. The fraction of sp³-hybridized carbons (Fsp3) is 0.667. The van der Waals surface area contributed by atoms with Crippen molar-refractivity contribution in [3.8, 4) is 0 Å². The maximum Gasteiger partial charge on any atom is 0.416 e. The van der Waals surface area contributed by atoms with Gasteiger partial charge < -0.3 is 10.1 Å². The molecule has 24 heavy (non-hydrogen) atoms. The van der Waals surface area contributed by atoms with E-state index >= 15 is 0 Å². The van der Waals surface area contributed by atoms with Crippen LogP contribution in [0.4, 0.5) is 13.2 Å². The second-order valence-electron chi connectivity index (χ2n) is 6.74. The number of benzene rings is 1. The van der Waals surface area contributed by atoms with Gasteiger partial charge in [0.1, 0.15) is 0 Å². The van der Waals surface area contributed by atoms with Crippen LogP contribution >= 0.6 is 11.8 Å². The van der Waals surface area contributed by atoms with Gasteiger partial charge in [-0.25, -0.2) is 0 Å². The lowest BCUT2D eigenvalue weighted by Gasteiger charge is -2.40. The van der Waals surface area contributed by atoms with Crippen molar-refractivity contribution in [3.63, 3.8) is 0 Å². The molecular weight excluding hydrogens is 335 g/mol. The van der Waals surface area contributed by atoms with Crippen molar-refractivity contribution in [1.82, 2.24) is 5.32 Å². The predicted octanol–water partition coefficient (Wildman–Crippen LogP) is 4.24. The zero-order valence-electron chi connectivity index (χ0n) is 13.7. The number of rotatable bonds is 4. The van der Waals surface area contributed by atoms with Crippen LogP contribution in [0, 0.1) is 0 Å². The van der Waals surface area contributed by atoms with Crippen LogP contribution in [-0.2, 0) is 16.3 Å². The highest BCUT2D eigenvalue weighted by atomic mass is 32.2. The minimum atomic E-state index is -4.30. The molecule has 0 bridgehead atoms. The normalized spacial score (nSPS) is 22.5. The summed E-state index contributed by atoms with van der Waals surface area (Å²) in [6, 6.07) is 6.36. The van der Waals surface area contributed by atoms with Crippen molar-refractivity contribution in [2.45, 2.75) is 43.3 Å². The van der Waals surface area contributed by atoms with Crippen molar-refractivity contribution in [2.24, 2.45) is 0 Å². The topological polar surface area (TPSA) is 21.3 Å². The van der Waals surface area contributed by atoms with E-state index < -0.39 is 11.7 Å². The summed E-state index contributed by atoms with van der Waals surface area (Å²) in [5.74, 6) is 2.33. The van der Waals surface area contributed by atoms with Crippen LogP contribution in [0.25, 0.3) is 0 Å². The van der Waals surface area contributed by atoms with E-state index in [1.54, 1.807) is 0 Å². The van der Waals surface area contributed by atoms with Gasteiger partial charge in [-0.2, -0.15) is 24.9 Å². The lowest BCUT2D eigenvalue weighted by Crippen LogP contribution is -2.46. The van der Waals surface area contributed by atoms with Gasteiger partial charge in [0.2, 0.25) is 0 Å². The highest BCUT2D eigenvalue weighted by molar-refractivity contribution is 7.99. The van der Waals surface area contributed by atoms with Crippen LogP contribution in [-0.4, -0.2) is 37.3 Å². The highest BCUT2D eigenvalue weighted by Gasteiger charge is 2.37. The molecule has 0 amide bonds. The Balaban J connectivity index is 1.80. The van der Waals surface area contributed by atoms with Crippen molar-refractivity contribution in [1.29, 1.82) is 0 Å². The number of halogens is 3. The summed E-state index contributed by atoms with van der Waals surface area (Å²) in [7, 11) is 0. The second kappa shape index (κ2) is 7.67.